The van der Waals surface area contributed by atoms with Gasteiger partial charge in [0.05, 0.1) is 17.7 Å². The van der Waals surface area contributed by atoms with Gasteiger partial charge in [-0.25, -0.2) is 9.97 Å². The van der Waals surface area contributed by atoms with Gasteiger partial charge in [-0.1, -0.05) is 23.2 Å². The Hall–Kier alpha value is -1.32. The van der Waals surface area contributed by atoms with E-state index in [-0.39, 0.29) is 0 Å². The van der Waals surface area contributed by atoms with Crippen LogP contribution in [-0.4, -0.2) is 17.1 Å². The molecule has 0 saturated carbocycles. The largest absolute Gasteiger partial charge is 0.496 e. The average molecular weight is 254 g/mol. The van der Waals surface area contributed by atoms with Gasteiger partial charge in [0, 0.05) is 17.4 Å². The van der Waals surface area contributed by atoms with Crippen LogP contribution in [-0.2, 0) is 0 Å². The first-order valence-electron chi connectivity index (χ1n) is 4.44. The van der Waals surface area contributed by atoms with E-state index < -0.39 is 0 Å². The van der Waals surface area contributed by atoms with Crippen molar-refractivity contribution in [3.63, 3.8) is 0 Å². The highest BCUT2D eigenvalue weighted by atomic mass is 35.5. The van der Waals surface area contributed by atoms with E-state index in [1.807, 2.05) is 0 Å². The fraction of sp³-hybridized carbons (Fsp3) is 0.0909. The first-order valence-corrected chi connectivity index (χ1v) is 5.19. The van der Waals surface area contributed by atoms with Crippen LogP contribution in [0, 0.1) is 6.07 Å². The van der Waals surface area contributed by atoms with E-state index in [2.05, 4.69) is 16.0 Å². The molecule has 1 aromatic carbocycles. The first-order chi connectivity index (χ1) is 7.70. The lowest BCUT2D eigenvalue weighted by molar-refractivity contribution is 0.416. The van der Waals surface area contributed by atoms with Crippen LogP contribution in [0.25, 0.3) is 11.4 Å². The average Bonchev–Trinajstić information content (AvgIpc) is 2.30. The van der Waals surface area contributed by atoms with E-state index in [4.69, 9.17) is 27.9 Å². The maximum Gasteiger partial charge on any atom is 0.163 e. The highest BCUT2D eigenvalue weighted by Gasteiger charge is 2.09. The van der Waals surface area contributed by atoms with E-state index in [0.717, 1.165) is 0 Å². The number of rotatable bonds is 2. The van der Waals surface area contributed by atoms with Crippen molar-refractivity contribution in [2.24, 2.45) is 0 Å². The Balaban J connectivity index is 2.51. The fourth-order valence-electron chi connectivity index (χ4n) is 1.23. The Morgan fingerprint density at radius 2 is 1.88 bits per heavy atom. The van der Waals surface area contributed by atoms with Gasteiger partial charge in [0.1, 0.15) is 5.75 Å². The molecule has 0 saturated heterocycles. The second-order valence-electron chi connectivity index (χ2n) is 2.99. The van der Waals surface area contributed by atoms with Crippen molar-refractivity contribution in [2.45, 2.75) is 0 Å². The lowest BCUT2D eigenvalue weighted by Crippen LogP contribution is -1.92. The molecule has 0 N–H and O–H groups in total. The maximum absolute atomic E-state index is 5.84. The lowest BCUT2D eigenvalue weighted by atomic mass is 10.2. The summed E-state index contributed by atoms with van der Waals surface area (Å²) in [6, 6.07) is 6.29. The molecule has 5 heteroatoms. The monoisotopic (exact) mass is 253 g/mol. The van der Waals surface area contributed by atoms with Gasteiger partial charge in [-0.05, 0) is 18.2 Å². The minimum atomic E-state index is 0.483. The van der Waals surface area contributed by atoms with Gasteiger partial charge >= 0.3 is 0 Å². The molecule has 2 rings (SSSR count). The quantitative estimate of drug-likeness (QED) is 0.824. The summed E-state index contributed by atoms with van der Waals surface area (Å²) in [5.41, 5.74) is 0.656. The summed E-state index contributed by atoms with van der Waals surface area (Å²) in [5, 5.41) is 1.03. The van der Waals surface area contributed by atoms with Gasteiger partial charge in [0.15, 0.2) is 5.82 Å². The molecule has 0 aliphatic rings. The molecular formula is C11H7Cl2N2O. The van der Waals surface area contributed by atoms with Crippen LogP contribution in [0.15, 0.2) is 24.5 Å². The van der Waals surface area contributed by atoms with Crippen molar-refractivity contribution in [3.8, 4) is 17.1 Å². The van der Waals surface area contributed by atoms with Crippen molar-refractivity contribution in [2.75, 3.05) is 7.11 Å². The Kier molecular flexibility index (Phi) is 3.27. The molecule has 3 nitrogen and oxygen atoms in total. The Labute approximate surface area is 103 Å². The summed E-state index contributed by atoms with van der Waals surface area (Å²) in [5.74, 6) is 1.08. The predicted octanol–water partition coefficient (Wildman–Crippen LogP) is 3.26. The number of methoxy groups -OCH3 is 1. The molecule has 81 valence electrons. The maximum atomic E-state index is 5.84. The van der Waals surface area contributed by atoms with Crippen molar-refractivity contribution in [1.82, 2.24) is 9.97 Å². The van der Waals surface area contributed by atoms with E-state index >= 15 is 0 Å². The molecule has 0 unspecified atom stereocenters. The highest BCUT2D eigenvalue weighted by Crippen LogP contribution is 2.29. The van der Waals surface area contributed by atoms with Crippen molar-refractivity contribution in [1.29, 1.82) is 0 Å². The molecule has 0 spiro atoms. The molecule has 0 fully saturated rings. The van der Waals surface area contributed by atoms with Crippen molar-refractivity contribution < 1.29 is 4.74 Å². The van der Waals surface area contributed by atoms with Gasteiger partial charge < -0.3 is 4.74 Å². The van der Waals surface area contributed by atoms with E-state index in [9.17, 15) is 0 Å². The lowest BCUT2D eigenvalue weighted by Gasteiger charge is -2.06. The zero-order valence-electron chi connectivity index (χ0n) is 8.37. The summed E-state index contributed by atoms with van der Waals surface area (Å²) < 4.78 is 5.18. The standard InChI is InChI=1S/C11H7Cl2N2O/c1-16-10-4-7(12)2-3-9(10)11-14-5-8(13)6-15-11/h2,4-6H,1H3. The molecule has 1 heterocycles. The van der Waals surface area contributed by atoms with Crippen LogP contribution in [0.3, 0.4) is 0 Å². The van der Waals surface area contributed by atoms with Gasteiger partial charge in [-0.3, -0.25) is 0 Å². The zero-order chi connectivity index (χ0) is 11.5. The summed E-state index contributed by atoms with van der Waals surface area (Å²) in [4.78, 5) is 8.18. The molecule has 0 aliphatic carbocycles. The SMILES string of the molecule is COc1cc(Cl)c[c]c1-c1ncc(Cl)cn1. The molecule has 0 aliphatic heterocycles. The van der Waals surface area contributed by atoms with E-state index in [0.29, 0.717) is 27.2 Å². The topological polar surface area (TPSA) is 35.0 Å². The minimum absolute atomic E-state index is 0.483. The molecule has 1 aromatic heterocycles. The normalized spacial score (nSPS) is 10.2. The number of ether oxygens (including phenoxy) is 1. The van der Waals surface area contributed by atoms with Crippen LogP contribution >= 0.6 is 23.2 Å². The zero-order valence-corrected chi connectivity index (χ0v) is 9.88. The third-order valence-electron chi connectivity index (χ3n) is 1.93. The van der Waals surface area contributed by atoms with Crippen LogP contribution in [0.4, 0.5) is 0 Å². The van der Waals surface area contributed by atoms with E-state index in [1.54, 1.807) is 19.2 Å². The minimum Gasteiger partial charge on any atom is -0.496 e. The van der Waals surface area contributed by atoms with E-state index in [1.165, 1.54) is 12.4 Å². The van der Waals surface area contributed by atoms with Gasteiger partial charge in [-0.2, -0.15) is 0 Å². The number of hydrogen-bond acceptors (Lipinski definition) is 3. The predicted molar refractivity (Wildman–Crippen MR) is 62.9 cm³/mol. The first kappa shape index (κ1) is 11.2. The summed E-state index contributed by atoms with van der Waals surface area (Å²) >= 11 is 11.5. The number of halogens is 2. The highest BCUT2D eigenvalue weighted by molar-refractivity contribution is 6.31. The van der Waals surface area contributed by atoms with Crippen molar-refractivity contribution >= 4 is 23.2 Å². The molecule has 0 bridgehead atoms. The van der Waals surface area contributed by atoms with Crippen LogP contribution in [0.1, 0.15) is 0 Å². The number of nitrogens with zero attached hydrogens (tertiary/aromatic N) is 2. The second-order valence-corrected chi connectivity index (χ2v) is 3.86. The van der Waals surface area contributed by atoms with Gasteiger partial charge in [-0.15, -0.1) is 0 Å². The number of aromatic nitrogens is 2. The van der Waals surface area contributed by atoms with Gasteiger partial charge in [0.25, 0.3) is 0 Å². The third-order valence-corrected chi connectivity index (χ3v) is 2.35. The molecule has 2 aromatic rings. The fourth-order valence-corrected chi connectivity index (χ4v) is 1.48. The Bertz CT molecular complexity index is 500. The molecule has 16 heavy (non-hydrogen) atoms. The Morgan fingerprint density at radius 1 is 1.19 bits per heavy atom. The molecule has 1 radical (unpaired) electrons. The van der Waals surface area contributed by atoms with Crippen molar-refractivity contribution in [3.05, 3.63) is 40.6 Å². The molecule has 0 amide bonds. The Morgan fingerprint density at radius 3 is 2.50 bits per heavy atom. The van der Waals surface area contributed by atoms with Gasteiger partial charge in [0.2, 0.25) is 0 Å². The number of hydrogen-bond donors (Lipinski definition) is 0. The summed E-state index contributed by atoms with van der Waals surface area (Å²) in [7, 11) is 1.55. The van der Waals surface area contributed by atoms with Crippen LogP contribution in [0.2, 0.25) is 10.0 Å². The van der Waals surface area contributed by atoms with Crippen LogP contribution in [0.5, 0.6) is 5.75 Å². The smallest absolute Gasteiger partial charge is 0.163 e. The third kappa shape index (κ3) is 2.26. The summed E-state index contributed by atoms with van der Waals surface area (Å²) in [6.45, 7) is 0. The number of benzene rings is 1. The molecular weight excluding hydrogens is 247 g/mol. The summed E-state index contributed by atoms with van der Waals surface area (Å²) in [6.07, 6.45) is 3.04. The second kappa shape index (κ2) is 4.68. The molecule has 0 atom stereocenters. The van der Waals surface area contributed by atoms with Crippen LogP contribution < -0.4 is 4.74 Å².